The second kappa shape index (κ2) is 6.73. The van der Waals surface area contributed by atoms with Gasteiger partial charge in [-0.15, -0.1) is 5.10 Å². The third-order valence-corrected chi connectivity index (χ3v) is 2.78. The van der Waals surface area contributed by atoms with Crippen molar-refractivity contribution in [3.05, 3.63) is 51.8 Å². The van der Waals surface area contributed by atoms with Crippen LogP contribution in [0.25, 0.3) is 5.69 Å². The molecule has 0 aliphatic rings. The first-order valence-electron chi connectivity index (χ1n) is 6.35. The van der Waals surface area contributed by atoms with E-state index in [9.17, 15) is 4.79 Å². The number of methoxy groups -OCH3 is 1. The Balaban J connectivity index is 0.000000861. The number of benzene rings is 1. The highest BCUT2D eigenvalue weighted by molar-refractivity contribution is 5.36. The molecule has 19 heavy (non-hydrogen) atoms. The highest BCUT2D eigenvalue weighted by Gasteiger charge is 2.11. The number of nitrogens with zero attached hydrogens (tertiary/aromatic N) is 2. The molecule has 1 aromatic heterocycles. The molecule has 102 valence electrons. The summed E-state index contributed by atoms with van der Waals surface area (Å²) in [4.78, 5) is 12.1. The molecule has 0 saturated carbocycles. The first-order chi connectivity index (χ1) is 9.15. The largest absolute Gasteiger partial charge is 0.480 e. The lowest BCUT2D eigenvalue weighted by atomic mass is 10.2. The van der Waals surface area contributed by atoms with Crippen molar-refractivity contribution >= 4 is 0 Å². The highest BCUT2D eigenvalue weighted by Crippen LogP contribution is 2.15. The number of hydrogen-bond acceptors (Lipinski definition) is 3. The van der Waals surface area contributed by atoms with Crippen molar-refractivity contribution in [1.29, 1.82) is 0 Å². The Labute approximate surface area is 113 Å². The average Bonchev–Trinajstić information content (AvgIpc) is 2.48. The van der Waals surface area contributed by atoms with Crippen molar-refractivity contribution in [1.82, 2.24) is 9.78 Å². The number of ether oxygens (including phenoxy) is 1. The molecular weight excluding hydrogens is 240 g/mol. The summed E-state index contributed by atoms with van der Waals surface area (Å²) in [7, 11) is 1.55. The lowest BCUT2D eigenvalue weighted by molar-refractivity contribution is 0.382. The van der Waals surface area contributed by atoms with E-state index in [-0.39, 0.29) is 5.56 Å². The zero-order valence-corrected chi connectivity index (χ0v) is 12.1. The third kappa shape index (κ3) is 3.02. The molecule has 0 atom stereocenters. The van der Waals surface area contributed by atoms with E-state index in [2.05, 4.69) is 5.10 Å². The van der Waals surface area contributed by atoms with Gasteiger partial charge in [0.25, 0.3) is 5.56 Å². The van der Waals surface area contributed by atoms with Crippen molar-refractivity contribution in [2.45, 2.75) is 27.7 Å². The fraction of sp³-hybridized carbons (Fsp3) is 0.333. The van der Waals surface area contributed by atoms with Gasteiger partial charge in [-0.25, -0.2) is 0 Å². The van der Waals surface area contributed by atoms with E-state index in [4.69, 9.17) is 4.74 Å². The molecule has 1 heterocycles. The lowest BCUT2D eigenvalue weighted by Gasteiger charge is -2.10. The van der Waals surface area contributed by atoms with Gasteiger partial charge in [-0.05, 0) is 26.0 Å². The number of hydrogen-bond donors (Lipinski definition) is 0. The molecule has 2 aromatic rings. The topological polar surface area (TPSA) is 44.1 Å². The maximum Gasteiger partial charge on any atom is 0.274 e. The van der Waals surface area contributed by atoms with E-state index in [0.717, 1.165) is 11.3 Å². The van der Waals surface area contributed by atoms with Crippen LogP contribution in [0.2, 0.25) is 0 Å². The summed E-state index contributed by atoms with van der Waals surface area (Å²) < 4.78 is 6.53. The summed E-state index contributed by atoms with van der Waals surface area (Å²) in [5.74, 6) is 0.478. The van der Waals surface area contributed by atoms with Gasteiger partial charge < -0.3 is 4.74 Å². The van der Waals surface area contributed by atoms with E-state index in [1.807, 2.05) is 51.1 Å². The number of rotatable bonds is 2. The molecule has 0 aliphatic heterocycles. The lowest BCUT2D eigenvalue weighted by Crippen LogP contribution is -2.25. The van der Waals surface area contributed by atoms with E-state index < -0.39 is 0 Å². The van der Waals surface area contributed by atoms with Crippen molar-refractivity contribution in [2.75, 3.05) is 7.11 Å². The number of aromatic nitrogens is 2. The molecule has 0 radical (unpaired) electrons. The van der Waals surface area contributed by atoms with E-state index in [1.165, 1.54) is 4.68 Å². The first kappa shape index (κ1) is 15.0. The van der Waals surface area contributed by atoms with Crippen molar-refractivity contribution in [2.24, 2.45) is 0 Å². The van der Waals surface area contributed by atoms with Gasteiger partial charge in [-0.2, -0.15) is 4.68 Å². The minimum absolute atomic E-state index is 0.116. The van der Waals surface area contributed by atoms with E-state index in [1.54, 1.807) is 14.0 Å². The third-order valence-electron chi connectivity index (χ3n) is 2.78. The van der Waals surface area contributed by atoms with Crippen molar-refractivity contribution < 1.29 is 4.74 Å². The van der Waals surface area contributed by atoms with Crippen LogP contribution < -0.4 is 10.3 Å². The predicted molar refractivity (Wildman–Crippen MR) is 77.2 cm³/mol. The van der Waals surface area contributed by atoms with Crippen LogP contribution in [0.5, 0.6) is 5.88 Å². The second-order valence-corrected chi connectivity index (χ2v) is 3.81. The van der Waals surface area contributed by atoms with Crippen LogP contribution in [0.4, 0.5) is 0 Å². The fourth-order valence-corrected chi connectivity index (χ4v) is 1.63. The van der Waals surface area contributed by atoms with Gasteiger partial charge in [0.1, 0.15) is 0 Å². The number of para-hydroxylation sites is 1. The molecule has 4 nitrogen and oxygen atoms in total. The van der Waals surface area contributed by atoms with Crippen molar-refractivity contribution in [3.63, 3.8) is 0 Å². The summed E-state index contributed by atoms with van der Waals surface area (Å²) in [6.45, 7) is 7.61. The van der Waals surface area contributed by atoms with E-state index >= 15 is 0 Å². The molecule has 0 spiro atoms. The Bertz CT molecular complexity index is 589. The Morgan fingerprint density at radius 1 is 1.05 bits per heavy atom. The summed E-state index contributed by atoms with van der Waals surface area (Å²) in [6.07, 6.45) is 0. The zero-order chi connectivity index (χ0) is 14.4. The smallest absolute Gasteiger partial charge is 0.274 e. The standard InChI is InChI=1S/C13H14N2O2.C2H6/c1-9-10(2)13(16)15(14-12(9)17-3)11-7-5-4-6-8-11;1-2/h4-8H,1-3H3;1-2H3. The monoisotopic (exact) mass is 260 g/mol. The average molecular weight is 260 g/mol. The maximum atomic E-state index is 12.1. The van der Waals surface area contributed by atoms with E-state index in [0.29, 0.717) is 11.4 Å². The highest BCUT2D eigenvalue weighted by atomic mass is 16.5. The maximum absolute atomic E-state index is 12.1. The Morgan fingerprint density at radius 2 is 1.63 bits per heavy atom. The van der Waals surface area contributed by atoms with Crippen LogP contribution in [0.3, 0.4) is 0 Å². The van der Waals surface area contributed by atoms with Gasteiger partial charge in [0.05, 0.1) is 12.8 Å². The minimum atomic E-state index is -0.116. The second-order valence-electron chi connectivity index (χ2n) is 3.81. The molecule has 0 unspecified atom stereocenters. The van der Waals surface area contributed by atoms with Gasteiger partial charge in [0, 0.05) is 11.1 Å². The quantitative estimate of drug-likeness (QED) is 0.834. The molecule has 4 heteroatoms. The van der Waals surface area contributed by atoms with Gasteiger partial charge >= 0.3 is 0 Å². The van der Waals surface area contributed by atoms with Crippen molar-refractivity contribution in [3.8, 4) is 11.6 Å². The molecule has 0 saturated heterocycles. The minimum Gasteiger partial charge on any atom is -0.480 e. The van der Waals surface area contributed by atoms with Gasteiger partial charge in [-0.1, -0.05) is 32.0 Å². The molecule has 1 aromatic carbocycles. The molecule has 0 bridgehead atoms. The molecule has 0 fully saturated rings. The molecule has 0 aliphatic carbocycles. The molecule has 0 amide bonds. The van der Waals surface area contributed by atoms with Crippen LogP contribution in [0.15, 0.2) is 35.1 Å². The van der Waals surface area contributed by atoms with Gasteiger partial charge in [0.2, 0.25) is 5.88 Å². The summed E-state index contributed by atoms with van der Waals surface area (Å²) in [6, 6.07) is 9.30. The summed E-state index contributed by atoms with van der Waals surface area (Å²) in [5, 5.41) is 4.20. The Hall–Kier alpha value is -2.10. The fourth-order valence-electron chi connectivity index (χ4n) is 1.63. The SMILES string of the molecule is CC.COc1nn(-c2ccccc2)c(=O)c(C)c1C. The van der Waals surface area contributed by atoms with Crippen LogP contribution in [-0.4, -0.2) is 16.9 Å². The first-order valence-corrected chi connectivity index (χ1v) is 6.35. The Morgan fingerprint density at radius 3 is 2.16 bits per heavy atom. The Kier molecular flexibility index (Phi) is 5.30. The summed E-state index contributed by atoms with van der Waals surface area (Å²) in [5.41, 5.74) is 2.05. The van der Waals surface area contributed by atoms with Crippen LogP contribution in [0, 0.1) is 13.8 Å². The molecule has 2 rings (SSSR count). The van der Waals surface area contributed by atoms with Gasteiger partial charge in [-0.3, -0.25) is 4.79 Å². The predicted octanol–water partition coefficient (Wildman–Crippen LogP) is 2.88. The molecule has 0 N–H and O–H groups in total. The zero-order valence-electron chi connectivity index (χ0n) is 12.1. The molecular formula is C15H20N2O2. The van der Waals surface area contributed by atoms with Gasteiger partial charge in [0.15, 0.2) is 0 Å². The van der Waals surface area contributed by atoms with Crippen LogP contribution in [0.1, 0.15) is 25.0 Å². The van der Waals surface area contributed by atoms with Crippen LogP contribution in [-0.2, 0) is 0 Å². The summed E-state index contributed by atoms with van der Waals surface area (Å²) >= 11 is 0. The normalized spacial score (nSPS) is 9.53. The van der Waals surface area contributed by atoms with Crippen LogP contribution >= 0.6 is 0 Å².